The van der Waals surface area contributed by atoms with E-state index in [0.29, 0.717) is 24.1 Å². The van der Waals surface area contributed by atoms with Gasteiger partial charge in [0.1, 0.15) is 5.82 Å². The zero-order valence-electron chi connectivity index (χ0n) is 15.0. The molecule has 2 aliphatic rings. The summed E-state index contributed by atoms with van der Waals surface area (Å²) in [6, 6.07) is 4.27. The Kier molecular flexibility index (Phi) is 6.15. The Morgan fingerprint density at radius 3 is 2.68 bits per heavy atom. The van der Waals surface area contributed by atoms with Crippen molar-refractivity contribution in [2.75, 3.05) is 50.8 Å². The van der Waals surface area contributed by atoms with Gasteiger partial charge in [-0.15, -0.1) is 0 Å². The van der Waals surface area contributed by atoms with Gasteiger partial charge in [-0.1, -0.05) is 11.6 Å². The number of nitrogens with zero attached hydrogens (tertiary/aromatic N) is 4. The molecule has 0 aliphatic carbocycles. The maximum atomic E-state index is 12.6. The molecule has 2 aliphatic heterocycles. The summed E-state index contributed by atoms with van der Waals surface area (Å²) in [6.45, 7) is 9.93. The molecule has 0 radical (unpaired) electrons. The molecule has 2 fully saturated rings. The molecule has 0 aromatic carbocycles. The van der Waals surface area contributed by atoms with Crippen LogP contribution in [0, 0.1) is 0 Å². The third-order valence-corrected chi connectivity index (χ3v) is 5.19. The van der Waals surface area contributed by atoms with Gasteiger partial charge in [0.25, 0.3) is 0 Å². The van der Waals surface area contributed by atoms with E-state index in [9.17, 15) is 4.79 Å². The normalized spacial score (nSPS) is 22.5. The molecular formula is C18H27ClN4O2. The number of carbonyl (C=O) groups is 1. The number of anilines is 1. The van der Waals surface area contributed by atoms with Crippen LogP contribution in [0.4, 0.5) is 5.82 Å². The van der Waals surface area contributed by atoms with Crippen LogP contribution in [-0.2, 0) is 9.53 Å². The second kappa shape index (κ2) is 8.34. The van der Waals surface area contributed by atoms with Gasteiger partial charge in [-0.3, -0.25) is 9.69 Å². The van der Waals surface area contributed by atoms with Crippen LogP contribution in [0.25, 0.3) is 0 Å². The van der Waals surface area contributed by atoms with Crippen molar-refractivity contribution in [2.24, 2.45) is 0 Å². The van der Waals surface area contributed by atoms with E-state index in [2.05, 4.69) is 28.6 Å². The highest BCUT2D eigenvalue weighted by Gasteiger charge is 2.28. The van der Waals surface area contributed by atoms with Crippen molar-refractivity contribution in [3.63, 3.8) is 0 Å². The molecule has 3 heterocycles. The third-order valence-electron chi connectivity index (χ3n) is 4.97. The van der Waals surface area contributed by atoms with Crippen molar-refractivity contribution in [3.05, 3.63) is 23.4 Å². The minimum absolute atomic E-state index is 0.0135. The highest BCUT2D eigenvalue weighted by atomic mass is 35.5. The van der Waals surface area contributed by atoms with E-state index in [1.807, 2.05) is 17.0 Å². The minimum atomic E-state index is 0.0135. The van der Waals surface area contributed by atoms with Crippen LogP contribution < -0.4 is 4.90 Å². The van der Waals surface area contributed by atoms with Crippen LogP contribution in [0.15, 0.2) is 18.3 Å². The van der Waals surface area contributed by atoms with Crippen LogP contribution in [0.2, 0.25) is 5.02 Å². The van der Waals surface area contributed by atoms with Gasteiger partial charge in [0.15, 0.2) is 0 Å². The number of hydrogen-bond donors (Lipinski definition) is 0. The summed E-state index contributed by atoms with van der Waals surface area (Å²) < 4.78 is 5.80. The van der Waals surface area contributed by atoms with Crippen LogP contribution in [0.1, 0.15) is 20.3 Å². The maximum Gasteiger partial charge on any atom is 0.225 e. The number of rotatable bonds is 4. The summed E-state index contributed by atoms with van der Waals surface area (Å²) in [4.78, 5) is 23.5. The lowest BCUT2D eigenvalue weighted by molar-refractivity contribution is -0.136. The lowest BCUT2D eigenvalue weighted by atomic mass is 10.1. The van der Waals surface area contributed by atoms with Crippen molar-refractivity contribution >= 4 is 23.3 Å². The van der Waals surface area contributed by atoms with Crippen molar-refractivity contribution in [1.29, 1.82) is 0 Å². The summed E-state index contributed by atoms with van der Waals surface area (Å²) in [5, 5.41) is 0.639. The van der Waals surface area contributed by atoms with E-state index in [4.69, 9.17) is 16.3 Å². The molecule has 1 amide bonds. The van der Waals surface area contributed by atoms with E-state index in [1.165, 1.54) is 0 Å². The highest BCUT2D eigenvalue weighted by Crippen LogP contribution is 2.18. The summed E-state index contributed by atoms with van der Waals surface area (Å²) in [5.41, 5.74) is 0. The maximum absolute atomic E-state index is 12.6. The quantitative estimate of drug-likeness (QED) is 0.814. The fourth-order valence-electron chi connectivity index (χ4n) is 3.40. The summed E-state index contributed by atoms with van der Waals surface area (Å²) >= 11 is 5.89. The first kappa shape index (κ1) is 18.4. The SMILES string of the molecule is CC(C)N1CCO[C@H](CC(=O)N2CCN(c3ccc(Cl)cn3)CC2)C1. The molecule has 1 aromatic heterocycles. The van der Waals surface area contributed by atoms with Gasteiger partial charge in [0.2, 0.25) is 5.91 Å². The van der Waals surface area contributed by atoms with Gasteiger partial charge in [0.05, 0.1) is 24.2 Å². The van der Waals surface area contributed by atoms with E-state index in [0.717, 1.165) is 45.1 Å². The van der Waals surface area contributed by atoms with Crippen molar-refractivity contribution in [2.45, 2.75) is 32.4 Å². The predicted octanol–water partition coefficient (Wildman–Crippen LogP) is 1.88. The topological polar surface area (TPSA) is 48.9 Å². The zero-order valence-corrected chi connectivity index (χ0v) is 15.8. The van der Waals surface area contributed by atoms with Crippen LogP contribution in [0.5, 0.6) is 0 Å². The molecule has 138 valence electrons. The second-order valence-electron chi connectivity index (χ2n) is 6.99. The Morgan fingerprint density at radius 1 is 1.28 bits per heavy atom. The van der Waals surface area contributed by atoms with Crippen molar-refractivity contribution < 1.29 is 9.53 Å². The average Bonchev–Trinajstić information content (AvgIpc) is 2.63. The number of amides is 1. The first-order chi connectivity index (χ1) is 12.0. The Balaban J connectivity index is 1.47. The third kappa shape index (κ3) is 4.84. The van der Waals surface area contributed by atoms with Gasteiger partial charge in [-0.2, -0.15) is 0 Å². The lowest BCUT2D eigenvalue weighted by Gasteiger charge is -2.38. The number of pyridine rings is 1. The van der Waals surface area contributed by atoms with Crippen LogP contribution in [0.3, 0.4) is 0 Å². The molecule has 0 saturated carbocycles. The molecule has 6 nitrogen and oxygen atoms in total. The standard InChI is InChI=1S/C18H27ClN4O2/c1-14(2)23-9-10-25-16(13-23)11-18(24)22-7-5-21(6-8-22)17-4-3-15(19)12-20-17/h3-4,12,14,16H,5-11,13H2,1-2H3/t16-/m1/s1. The second-order valence-corrected chi connectivity index (χ2v) is 7.42. The monoisotopic (exact) mass is 366 g/mol. The Hall–Kier alpha value is -1.37. The fraction of sp³-hybridized carbons (Fsp3) is 0.667. The molecule has 0 unspecified atom stereocenters. The van der Waals surface area contributed by atoms with Gasteiger partial charge >= 0.3 is 0 Å². The summed E-state index contributed by atoms with van der Waals surface area (Å²) in [6.07, 6.45) is 2.15. The van der Waals surface area contributed by atoms with E-state index in [1.54, 1.807) is 6.20 Å². The molecule has 3 rings (SSSR count). The van der Waals surface area contributed by atoms with E-state index < -0.39 is 0 Å². The molecular weight excluding hydrogens is 340 g/mol. The zero-order chi connectivity index (χ0) is 17.8. The number of morpholine rings is 1. The fourth-order valence-corrected chi connectivity index (χ4v) is 3.51. The van der Waals surface area contributed by atoms with E-state index >= 15 is 0 Å². The van der Waals surface area contributed by atoms with Gasteiger partial charge in [0, 0.05) is 51.5 Å². The highest BCUT2D eigenvalue weighted by molar-refractivity contribution is 6.30. The number of hydrogen-bond acceptors (Lipinski definition) is 5. The minimum Gasteiger partial charge on any atom is -0.375 e. The molecule has 0 spiro atoms. The Labute approximate surface area is 154 Å². The van der Waals surface area contributed by atoms with Gasteiger partial charge in [-0.05, 0) is 26.0 Å². The molecule has 0 N–H and O–H groups in total. The lowest BCUT2D eigenvalue weighted by Crippen LogP contribution is -2.51. The van der Waals surface area contributed by atoms with Gasteiger partial charge < -0.3 is 14.5 Å². The smallest absolute Gasteiger partial charge is 0.225 e. The predicted molar refractivity (Wildman–Crippen MR) is 99.1 cm³/mol. The van der Waals surface area contributed by atoms with E-state index in [-0.39, 0.29) is 12.0 Å². The molecule has 1 atom stereocenters. The molecule has 1 aromatic rings. The Morgan fingerprint density at radius 2 is 2.04 bits per heavy atom. The van der Waals surface area contributed by atoms with Crippen LogP contribution in [-0.4, -0.2) is 78.7 Å². The summed E-state index contributed by atoms with van der Waals surface area (Å²) in [5.74, 6) is 1.11. The number of halogens is 1. The molecule has 2 saturated heterocycles. The number of carbonyl (C=O) groups excluding carboxylic acids is 1. The van der Waals surface area contributed by atoms with Crippen molar-refractivity contribution in [3.8, 4) is 0 Å². The van der Waals surface area contributed by atoms with Crippen LogP contribution >= 0.6 is 11.6 Å². The molecule has 25 heavy (non-hydrogen) atoms. The number of ether oxygens (including phenoxy) is 1. The Bertz CT molecular complexity index is 573. The molecule has 7 heteroatoms. The first-order valence-electron chi connectivity index (χ1n) is 9.03. The summed E-state index contributed by atoms with van der Waals surface area (Å²) in [7, 11) is 0. The number of piperazine rings is 1. The van der Waals surface area contributed by atoms with Crippen molar-refractivity contribution in [1.82, 2.24) is 14.8 Å². The largest absolute Gasteiger partial charge is 0.375 e. The average molecular weight is 367 g/mol. The first-order valence-corrected chi connectivity index (χ1v) is 9.40. The molecule has 0 bridgehead atoms. The van der Waals surface area contributed by atoms with Gasteiger partial charge in [-0.25, -0.2) is 4.98 Å². The number of aromatic nitrogens is 1.